The molecule has 3 aliphatic rings. The Labute approximate surface area is 190 Å². The molecule has 2 atom stereocenters. The average Bonchev–Trinajstić information content (AvgIpc) is 3.35. The van der Waals surface area contributed by atoms with Crippen LogP contribution in [0.3, 0.4) is 0 Å². The lowest BCUT2D eigenvalue weighted by atomic mass is 9.68. The van der Waals surface area contributed by atoms with Crippen LogP contribution < -0.4 is 0 Å². The standard InChI is InChI=1S/C30H18O3/c31-29-27-23(18-9-3-1-4-10-18)25-20-15-7-13-17-14-8-16-21(22(17)20)26(25)24(28(27)30(32)33-29)19-11-5-2-6-12-19/h1-16,27-28H/t27-,28+. The zero-order valence-electron chi connectivity index (χ0n) is 17.6. The number of carbonyl (C=O) groups excluding carboxylic acids is 2. The van der Waals surface area contributed by atoms with Crippen LogP contribution in [0.25, 0.3) is 33.1 Å². The fraction of sp³-hybridized carbons (Fsp3) is 0.0667. The summed E-state index contributed by atoms with van der Waals surface area (Å²) in [5.74, 6) is -2.27. The highest BCUT2D eigenvalue weighted by Gasteiger charge is 2.54. The van der Waals surface area contributed by atoms with Gasteiger partial charge in [0.05, 0.1) is 0 Å². The Balaban J connectivity index is 1.71. The SMILES string of the molecule is O=C1OC(=O)[C@H]2C(c3ccccc3)=C3C(=C(c4ccccc4)[C@@H]12)c1cccc2cccc3c12. The third-order valence-corrected chi connectivity index (χ3v) is 7.07. The molecule has 0 unspecified atom stereocenters. The van der Waals surface area contributed by atoms with E-state index < -0.39 is 23.8 Å². The van der Waals surface area contributed by atoms with Crippen LogP contribution in [-0.4, -0.2) is 11.9 Å². The van der Waals surface area contributed by atoms with Crippen molar-refractivity contribution in [3.63, 3.8) is 0 Å². The molecule has 1 fully saturated rings. The summed E-state index contributed by atoms with van der Waals surface area (Å²) in [5, 5.41) is 2.32. The first-order valence-electron chi connectivity index (χ1n) is 11.1. The van der Waals surface area contributed by atoms with Crippen molar-refractivity contribution in [3.05, 3.63) is 119 Å². The molecule has 4 aromatic carbocycles. The topological polar surface area (TPSA) is 43.4 Å². The van der Waals surface area contributed by atoms with Gasteiger partial charge in [0.25, 0.3) is 0 Å². The monoisotopic (exact) mass is 426 g/mol. The van der Waals surface area contributed by atoms with Crippen LogP contribution in [0.15, 0.2) is 97.1 Å². The van der Waals surface area contributed by atoms with Gasteiger partial charge in [-0.15, -0.1) is 0 Å². The molecule has 0 radical (unpaired) electrons. The lowest BCUT2D eigenvalue weighted by Crippen LogP contribution is -2.26. The quantitative estimate of drug-likeness (QED) is 0.291. The lowest BCUT2D eigenvalue weighted by Gasteiger charge is -2.30. The molecule has 7 rings (SSSR count). The minimum absolute atomic E-state index is 0.466. The molecule has 0 spiro atoms. The molecule has 2 aliphatic carbocycles. The van der Waals surface area contributed by atoms with Crippen LogP contribution in [0.4, 0.5) is 0 Å². The molecule has 0 saturated carbocycles. The maximum atomic E-state index is 13.2. The number of rotatable bonds is 2. The van der Waals surface area contributed by atoms with Gasteiger partial charge in [0, 0.05) is 0 Å². The van der Waals surface area contributed by atoms with Crippen molar-refractivity contribution < 1.29 is 14.3 Å². The van der Waals surface area contributed by atoms with Crippen LogP contribution in [-0.2, 0) is 14.3 Å². The minimum Gasteiger partial charge on any atom is -0.392 e. The fourth-order valence-electron chi connectivity index (χ4n) is 5.85. The molecular formula is C30H18O3. The maximum absolute atomic E-state index is 13.2. The van der Waals surface area contributed by atoms with E-state index in [2.05, 4.69) is 36.4 Å². The average molecular weight is 426 g/mol. The first-order chi connectivity index (χ1) is 16.2. The van der Waals surface area contributed by atoms with Crippen LogP contribution >= 0.6 is 0 Å². The third-order valence-electron chi connectivity index (χ3n) is 7.07. The van der Waals surface area contributed by atoms with E-state index >= 15 is 0 Å². The summed E-state index contributed by atoms with van der Waals surface area (Å²) >= 11 is 0. The van der Waals surface area contributed by atoms with E-state index in [4.69, 9.17) is 4.74 Å². The predicted molar refractivity (Wildman–Crippen MR) is 129 cm³/mol. The Morgan fingerprint density at radius 1 is 0.515 bits per heavy atom. The zero-order chi connectivity index (χ0) is 22.1. The Morgan fingerprint density at radius 2 is 0.970 bits per heavy atom. The highest BCUT2D eigenvalue weighted by molar-refractivity contribution is 6.37. The molecule has 4 aromatic rings. The van der Waals surface area contributed by atoms with E-state index in [1.54, 1.807) is 0 Å². The maximum Gasteiger partial charge on any atom is 0.322 e. The van der Waals surface area contributed by atoms with Gasteiger partial charge in [0.15, 0.2) is 0 Å². The number of hydrogen-bond acceptors (Lipinski definition) is 3. The van der Waals surface area contributed by atoms with Crippen molar-refractivity contribution in [3.8, 4) is 0 Å². The fourth-order valence-corrected chi connectivity index (χ4v) is 5.85. The lowest BCUT2D eigenvalue weighted by molar-refractivity contribution is -0.153. The van der Waals surface area contributed by atoms with Gasteiger partial charge in [-0.2, -0.15) is 0 Å². The highest BCUT2D eigenvalue weighted by atomic mass is 16.6. The Morgan fingerprint density at radius 3 is 1.42 bits per heavy atom. The number of cyclic esters (lactones) is 2. The van der Waals surface area contributed by atoms with Crippen molar-refractivity contribution in [2.75, 3.05) is 0 Å². The van der Waals surface area contributed by atoms with Gasteiger partial charge in [-0.1, -0.05) is 97.1 Å². The van der Waals surface area contributed by atoms with Crippen LogP contribution in [0.1, 0.15) is 22.3 Å². The van der Waals surface area contributed by atoms with E-state index in [9.17, 15) is 9.59 Å². The number of esters is 2. The highest BCUT2D eigenvalue weighted by Crippen LogP contribution is 2.60. The van der Waals surface area contributed by atoms with E-state index in [1.165, 1.54) is 5.39 Å². The van der Waals surface area contributed by atoms with Crippen molar-refractivity contribution in [2.24, 2.45) is 11.8 Å². The second kappa shape index (κ2) is 6.63. The molecule has 1 aliphatic heterocycles. The Bertz CT molecular complexity index is 1440. The summed E-state index contributed by atoms with van der Waals surface area (Å²) in [7, 11) is 0. The molecule has 3 heteroatoms. The summed E-state index contributed by atoms with van der Waals surface area (Å²) < 4.78 is 5.29. The molecular weight excluding hydrogens is 408 g/mol. The molecule has 1 heterocycles. The smallest absolute Gasteiger partial charge is 0.322 e. The van der Waals surface area contributed by atoms with Crippen molar-refractivity contribution >= 4 is 45.0 Å². The zero-order valence-corrected chi connectivity index (χ0v) is 17.6. The summed E-state index contributed by atoms with van der Waals surface area (Å²) in [6.07, 6.45) is 0. The molecule has 0 aromatic heterocycles. The van der Waals surface area contributed by atoms with Crippen molar-refractivity contribution in [2.45, 2.75) is 0 Å². The van der Waals surface area contributed by atoms with E-state index in [0.717, 1.165) is 49.9 Å². The molecule has 0 amide bonds. The van der Waals surface area contributed by atoms with Gasteiger partial charge in [-0.3, -0.25) is 9.59 Å². The molecule has 3 nitrogen and oxygen atoms in total. The molecule has 0 N–H and O–H groups in total. The van der Waals surface area contributed by atoms with Gasteiger partial charge in [-0.25, -0.2) is 0 Å². The minimum atomic E-state index is -0.668. The van der Waals surface area contributed by atoms with E-state index in [0.29, 0.717) is 0 Å². The third kappa shape index (κ3) is 2.39. The van der Waals surface area contributed by atoms with Crippen LogP contribution in [0.2, 0.25) is 0 Å². The second-order valence-electron chi connectivity index (χ2n) is 8.71. The van der Waals surface area contributed by atoms with Crippen LogP contribution in [0.5, 0.6) is 0 Å². The molecule has 33 heavy (non-hydrogen) atoms. The summed E-state index contributed by atoms with van der Waals surface area (Å²) in [6, 6.07) is 32.5. The number of benzene rings is 4. The van der Waals surface area contributed by atoms with Crippen molar-refractivity contribution in [1.82, 2.24) is 0 Å². The molecule has 0 bridgehead atoms. The Kier molecular flexibility index (Phi) is 3.68. The summed E-state index contributed by atoms with van der Waals surface area (Å²) in [6.45, 7) is 0. The summed E-state index contributed by atoms with van der Waals surface area (Å²) in [5.41, 5.74) is 7.96. The number of hydrogen-bond donors (Lipinski definition) is 0. The second-order valence-corrected chi connectivity index (χ2v) is 8.71. The molecule has 1 saturated heterocycles. The van der Waals surface area contributed by atoms with Gasteiger partial charge in [-0.05, 0) is 55.3 Å². The summed E-state index contributed by atoms with van der Waals surface area (Å²) in [4.78, 5) is 26.4. The molecule has 156 valence electrons. The van der Waals surface area contributed by atoms with E-state index in [-0.39, 0.29) is 0 Å². The largest absolute Gasteiger partial charge is 0.392 e. The predicted octanol–water partition coefficient (Wildman–Crippen LogP) is 6.00. The number of ether oxygens (including phenoxy) is 1. The van der Waals surface area contributed by atoms with Gasteiger partial charge < -0.3 is 4.74 Å². The first-order valence-corrected chi connectivity index (χ1v) is 11.1. The normalized spacial score (nSPS) is 20.8. The van der Waals surface area contributed by atoms with E-state index in [1.807, 2.05) is 60.7 Å². The Hall–Kier alpha value is -4.24. The van der Waals surface area contributed by atoms with Gasteiger partial charge in [0.2, 0.25) is 0 Å². The van der Waals surface area contributed by atoms with Crippen LogP contribution in [0, 0.1) is 11.8 Å². The number of carbonyl (C=O) groups is 2. The number of allylic oxidation sites excluding steroid dienone is 2. The van der Waals surface area contributed by atoms with Gasteiger partial charge in [0.1, 0.15) is 11.8 Å². The van der Waals surface area contributed by atoms with Gasteiger partial charge >= 0.3 is 11.9 Å². The first kappa shape index (κ1) is 18.3. The van der Waals surface area contributed by atoms with Crippen molar-refractivity contribution in [1.29, 1.82) is 0 Å². The number of fused-ring (bicyclic) bond motifs is 4.